The molecule has 3 aromatic rings. The summed E-state index contributed by atoms with van der Waals surface area (Å²) in [5.74, 6) is 0.866. The Kier molecular flexibility index (Phi) is 20.6. The van der Waals surface area contributed by atoms with E-state index in [1.165, 1.54) is 0 Å². The molecule has 15 heteroatoms. The van der Waals surface area contributed by atoms with Crippen molar-refractivity contribution in [2.45, 2.75) is 20.0 Å². The average molecular weight is 585 g/mol. The van der Waals surface area contributed by atoms with E-state index in [0.717, 1.165) is 33.9 Å². The summed E-state index contributed by atoms with van der Waals surface area (Å²) >= 11 is 0.382. The van der Waals surface area contributed by atoms with Crippen molar-refractivity contribution >= 4 is 43.4 Å². The number of carbonyl (C=O) groups is 1. The number of hydrogen-bond donors (Lipinski definition) is 2. The molecule has 1 aliphatic heterocycles. The molecule has 15 N–H and O–H groups in total. The topological polar surface area (TPSA) is 265 Å². The normalized spacial score (nSPS) is 10.1. The van der Waals surface area contributed by atoms with Crippen molar-refractivity contribution in [3.63, 3.8) is 0 Å². The Morgan fingerprint density at radius 1 is 1.09 bits per heavy atom. The van der Waals surface area contributed by atoms with Crippen LogP contribution in [0.3, 0.4) is 0 Å². The minimum absolute atomic E-state index is 0. The predicted molar refractivity (Wildman–Crippen MR) is 136 cm³/mol. The number of fused-ring (bicyclic) bond motifs is 2. The average Bonchev–Trinajstić information content (AvgIpc) is 2.96. The van der Waals surface area contributed by atoms with Gasteiger partial charge < -0.3 is 48.8 Å². The first-order chi connectivity index (χ1) is 14.0. The Morgan fingerprint density at radius 2 is 1.69 bits per heavy atom. The number of nitrogens with one attached hydrogen (secondary N) is 1. The zero-order valence-electron chi connectivity index (χ0n) is 18.9. The first-order valence-electron chi connectivity index (χ1n) is 8.82. The summed E-state index contributed by atoms with van der Waals surface area (Å²) in [5, 5.41) is 7.73. The van der Waals surface area contributed by atoms with Gasteiger partial charge in [0.1, 0.15) is 5.82 Å². The first kappa shape index (κ1) is 39.9. The molecular formula is C20H33Cl2CoN5O7. The van der Waals surface area contributed by atoms with Gasteiger partial charge in [0.05, 0.1) is 24.1 Å². The third-order valence-corrected chi connectivity index (χ3v) is 4.85. The van der Waals surface area contributed by atoms with E-state index in [1.54, 1.807) is 15.8 Å². The molecule has 0 radical (unpaired) electrons. The van der Waals surface area contributed by atoms with E-state index < -0.39 is 0 Å². The van der Waals surface area contributed by atoms with Gasteiger partial charge in [-0.25, -0.2) is 0 Å². The fourth-order valence-corrected chi connectivity index (χ4v) is 3.35. The van der Waals surface area contributed by atoms with Gasteiger partial charge in [-0.1, -0.05) is 18.2 Å². The van der Waals surface area contributed by atoms with Gasteiger partial charge in [0.25, 0.3) is 5.91 Å². The summed E-state index contributed by atoms with van der Waals surface area (Å²) in [6.45, 7) is 2.91. The molecule has 0 aliphatic carbocycles. The molecule has 0 fully saturated rings. The number of carbonyl (C=O) groups excluding carboxylic acids is 1. The number of hydrogen-bond acceptors (Lipinski definition) is 4. The summed E-state index contributed by atoms with van der Waals surface area (Å²) in [7, 11) is 11.4. The van der Waals surface area contributed by atoms with E-state index >= 15 is 0 Å². The van der Waals surface area contributed by atoms with Crippen LogP contribution >= 0.6 is 20.3 Å². The second kappa shape index (κ2) is 18.1. The van der Waals surface area contributed by atoms with E-state index in [-0.39, 0.29) is 38.8 Å². The number of nitrogens with two attached hydrogens (primary N) is 1. The number of rotatable bonds is 2. The molecule has 0 bridgehead atoms. The van der Waals surface area contributed by atoms with Crippen molar-refractivity contribution in [1.29, 1.82) is 0 Å². The summed E-state index contributed by atoms with van der Waals surface area (Å²) < 4.78 is 1.79. The maximum atomic E-state index is 13.3. The monoisotopic (exact) mass is 584 g/mol. The number of benzene rings is 2. The Morgan fingerprint density at radius 3 is 2.26 bits per heavy atom. The predicted octanol–water partition coefficient (Wildman–Crippen LogP) is -0.480. The molecule has 2 aromatic carbocycles. The van der Waals surface area contributed by atoms with Gasteiger partial charge in [0, 0.05) is 24.7 Å². The van der Waals surface area contributed by atoms with Crippen LogP contribution in [0.2, 0.25) is 0 Å². The third kappa shape index (κ3) is 8.71. The van der Waals surface area contributed by atoms with Crippen LogP contribution in [-0.2, 0) is 33.0 Å². The Labute approximate surface area is 217 Å². The van der Waals surface area contributed by atoms with Gasteiger partial charge in [0.15, 0.2) is 0 Å². The number of para-hydroxylation sites is 2. The van der Waals surface area contributed by atoms with Crippen molar-refractivity contribution in [3.05, 3.63) is 70.9 Å². The maximum absolute atomic E-state index is 13.3. The summed E-state index contributed by atoms with van der Waals surface area (Å²) in [4.78, 5) is 15.1. The van der Waals surface area contributed by atoms with Gasteiger partial charge in [0.2, 0.25) is 0 Å². The van der Waals surface area contributed by atoms with E-state index in [4.69, 9.17) is 26.0 Å². The van der Waals surface area contributed by atoms with Crippen LogP contribution in [0.15, 0.2) is 48.7 Å². The molecule has 0 saturated carbocycles. The zero-order chi connectivity index (χ0) is 21.0. The van der Waals surface area contributed by atoms with E-state index in [1.807, 2.05) is 56.4 Å². The van der Waals surface area contributed by atoms with Crippen molar-refractivity contribution in [2.75, 3.05) is 10.2 Å². The second-order valence-electron chi connectivity index (χ2n) is 6.57. The van der Waals surface area contributed by atoms with Gasteiger partial charge >= 0.3 is 33.2 Å². The standard InChI is InChI=1S/C20H21N5O.2ClH.Co.6H2O/c1-13-9-14(7-8-15(13)10-21)20(26)25-12-16-11-22-24(2)19(16)23-17-5-3-4-6-18(17)25;;;;;;;;;/h3-9,11,23H,10,12,21H2,1-2H3;2*1H;;6*1H2/q;;;+2;;;;;;/p-2. The summed E-state index contributed by atoms with van der Waals surface area (Å²) in [6.07, 6.45) is 1.80. The van der Waals surface area contributed by atoms with Crippen LogP contribution in [0.5, 0.6) is 0 Å². The van der Waals surface area contributed by atoms with Crippen LogP contribution in [-0.4, -0.2) is 48.5 Å². The van der Waals surface area contributed by atoms with E-state index in [2.05, 4.69) is 10.4 Å². The number of nitrogens with zero attached hydrogens (tertiary/aromatic N) is 3. The molecule has 35 heavy (non-hydrogen) atoms. The SMILES string of the molecule is Cc1cc(C(=O)N2Cc3cnn(C)c3Nc3ccccc32)ccc1CN.O.O.O.O.O.O.[Cl][Co][Cl]. The molecule has 0 unspecified atom stereocenters. The molecule has 1 aliphatic rings. The Balaban J connectivity index is -0.000000509. The molecule has 0 spiro atoms. The second-order valence-corrected chi connectivity index (χ2v) is 8.29. The summed E-state index contributed by atoms with van der Waals surface area (Å²) in [6, 6.07) is 13.5. The van der Waals surface area contributed by atoms with Crippen LogP contribution in [0.4, 0.5) is 17.2 Å². The Bertz CT molecular complexity index is 1040. The number of amides is 1. The van der Waals surface area contributed by atoms with Gasteiger partial charge in [-0.2, -0.15) is 5.10 Å². The van der Waals surface area contributed by atoms with Crippen molar-refractivity contribution in [2.24, 2.45) is 12.8 Å². The van der Waals surface area contributed by atoms with Crippen LogP contribution in [0, 0.1) is 6.92 Å². The molecule has 4 rings (SSSR count). The van der Waals surface area contributed by atoms with Crippen molar-refractivity contribution in [1.82, 2.24) is 9.78 Å². The minimum atomic E-state index is -0.0392. The van der Waals surface area contributed by atoms with Gasteiger partial charge in [-0.3, -0.25) is 9.48 Å². The Hall–Kier alpha value is -2.27. The number of aromatic nitrogens is 2. The number of halogens is 2. The van der Waals surface area contributed by atoms with E-state index in [0.29, 0.717) is 31.5 Å². The van der Waals surface area contributed by atoms with Crippen molar-refractivity contribution < 1.29 is 50.5 Å². The van der Waals surface area contributed by atoms with Crippen molar-refractivity contribution in [3.8, 4) is 0 Å². The molecular weight excluding hydrogens is 552 g/mol. The quantitative estimate of drug-likeness (QED) is 0.403. The van der Waals surface area contributed by atoms with Gasteiger partial charge in [-0.05, 0) is 42.3 Å². The fourth-order valence-electron chi connectivity index (χ4n) is 3.35. The van der Waals surface area contributed by atoms with Gasteiger partial charge in [-0.15, -0.1) is 0 Å². The fraction of sp³-hybridized carbons (Fsp3) is 0.200. The molecule has 203 valence electrons. The zero-order valence-corrected chi connectivity index (χ0v) is 21.5. The third-order valence-electron chi connectivity index (χ3n) is 4.85. The molecule has 1 amide bonds. The molecule has 2 heterocycles. The van der Waals surface area contributed by atoms with Crippen LogP contribution in [0.25, 0.3) is 0 Å². The number of aryl methyl sites for hydroxylation is 2. The first-order valence-corrected chi connectivity index (χ1v) is 11.7. The van der Waals surface area contributed by atoms with E-state index in [9.17, 15) is 4.79 Å². The van der Waals surface area contributed by atoms with Crippen LogP contribution < -0.4 is 16.0 Å². The number of anilines is 3. The molecule has 0 atom stereocenters. The molecule has 0 saturated heterocycles. The van der Waals surface area contributed by atoms with Crippen LogP contribution in [0.1, 0.15) is 27.0 Å². The summed E-state index contributed by atoms with van der Waals surface area (Å²) in [5.41, 5.74) is 11.2. The molecule has 1 aromatic heterocycles. The molecule has 12 nitrogen and oxygen atoms in total.